The van der Waals surface area contributed by atoms with Crippen LogP contribution < -0.4 is 5.32 Å². The lowest BCUT2D eigenvalue weighted by molar-refractivity contribution is -0.154. The van der Waals surface area contributed by atoms with Crippen LogP contribution in [0.5, 0.6) is 0 Å². The molecule has 0 spiro atoms. The lowest BCUT2D eigenvalue weighted by Crippen LogP contribution is -2.49. The second-order valence-electron chi connectivity index (χ2n) is 8.04. The molecule has 0 radical (unpaired) electrons. The maximum Gasteiger partial charge on any atom is 0.323 e. The Hall–Kier alpha value is -3.85. The van der Waals surface area contributed by atoms with Crippen LogP contribution in [0.25, 0.3) is 10.9 Å². The van der Waals surface area contributed by atoms with Gasteiger partial charge in [-0.15, -0.1) is 0 Å². The number of fused-ring (bicyclic) bond motifs is 2. The van der Waals surface area contributed by atoms with Crippen LogP contribution in [0.15, 0.2) is 48.5 Å². The maximum atomic E-state index is 13.1. The molecule has 2 amide bonds. The number of rotatable bonds is 7. The van der Waals surface area contributed by atoms with Gasteiger partial charge >= 0.3 is 11.9 Å². The summed E-state index contributed by atoms with van der Waals surface area (Å²) in [5.74, 6) is -2.95. The number of H-pyrrole nitrogens is 1. The Bertz CT molecular complexity index is 1290. The van der Waals surface area contributed by atoms with Gasteiger partial charge in [-0.2, -0.15) is 0 Å². The number of carboxylic acid groups (broad SMARTS) is 1. The zero-order chi connectivity index (χ0) is 24.4. The fourth-order valence-corrected chi connectivity index (χ4v) is 4.48. The summed E-state index contributed by atoms with van der Waals surface area (Å²) < 4.78 is 4.82. The van der Waals surface area contributed by atoms with E-state index >= 15 is 0 Å². The van der Waals surface area contributed by atoms with Crippen molar-refractivity contribution in [3.05, 3.63) is 70.4 Å². The number of aliphatic carboxylic acids is 1. The van der Waals surface area contributed by atoms with Gasteiger partial charge in [0.2, 0.25) is 0 Å². The minimum absolute atomic E-state index is 0.308. The predicted molar refractivity (Wildman–Crippen MR) is 123 cm³/mol. The summed E-state index contributed by atoms with van der Waals surface area (Å²) in [6, 6.07) is 12.8. The Balaban J connectivity index is 1.64. The van der Waals surface area contributed by atoms with E-state index < -0.39 is 49.0 Å². The lowest BCUT2D eigenvalue weighted by atomic mass is 10.0. The highest BCUT2D eigenvalue weighted by Crippen LogP contribution is 2.36. The fourth-order valence-electron chi connectivity index (χ4n) is 4.29. The summed E-state index contributed by atoms with van der Waals surface area (Å²) in [6.45, 7) is -0.0443. The number of nitrogens with one attached hydrogen (secondary N) is 2. The smallest absolute Gasteiger partial charge is 0.323 e. The number of esters is 1. The molecule has 2 atom stereocenters. The number of carboxylic acids is 1. The van der Waals surface area contributed by atoms with Gasteiger partial charge in [0.25, 0.3) is 11.8 Å². The normalized spacial score (nSPS) is 16.6. The highest BCUT2D eigenvalue weighted by molar-refractivity contribution is 6.31. The van der Waals surface area contributed by atoms with Gasteiger partial charge in [0.15, 0.2) is 6.61 Å². The third-order valence-electron chi connectivity index (χ3n) is 5.70. The van der Waals surface area contributed by atoms with Crippen molar-refractivity contribution in [1.82, 2.24) is 15.2 Å². The number of halogens is 1. The Kier molecular flexibility index (Phi) is 6.56. The molecule has 0 aliphatic heterocycles. The van der Waals surface area contributed by atoms with E-state index in [9.17, 15) is 24.3 Å². The van der Waals surface area contributed by atoms with Gasteiger partial charge in [-0.3, -0.25) is 19.2 Å². The molecule has 9 nitrogen and oxygen atoms in total. The monoisotopic (exact) mass is 483 g/mol. The van der Waals surface area contributed by atoms with Crippen molar-refractivity contribution in [2.45, 2.75) is 25.4 Å². The number of benzene rings is 2. The largest absolute Gasteiger partial charge is 0.480 e. The molecule has 4 rings (SSSR count). The van der Waals surface area contributed by atoms with Crippen LogP contribution in [-0.2, 0) is 25.5 Å². The Morgan fingerprint density at radius 3 is 2.68 bits per heavy atom. The SMILES string of the molecule is CC(=O)OCC(=O)N(CC(=O)O)[C@H]1c2ccccc2C[C@H]1NC(=O)c1cc2cc(Cl)ccc2[nH]1. The van der Waals surface area contributed by atoms with Crippen molar-refractivity contribution in [1.29, 1.82) is 0 Å². The van der Waals surface area contributed by atoms with Crippen molar-refractivity contribution >= 4 is 46.3 Å². The average Bonchev–Trinajstić information content (AvgIpc) is 3.36. The van der Waals surface area contributed by atoms with Gasteiger partial charge in [-0.1, -0.05) is 35.9 Å². The van der Waals surface area contributed by atoms with Crippen LogP contribution in [0, 0.1) is 0 Å². The molecule has 2 aromatic carbocycles. The second kappa shape index (κ2) is 9.56. The highest BCUT2D eigenvalue weighted by atomic mass is 35.5. The molecule has 1 aliphatic carbocycles. The molecule has 0 fully saturated rings. The van der Waals surface area contributed by atoms with E-state index in [0.717, 1.165) is 33.9 Å². The van der Waals surface area contributed by atoms with Crippen molar-refractivity contribution in [3.63, 3.8) is 0 Å². The number of aromatic amines is 1. The van der Waals surface area contributed by atoms with Crippen molar-refractivity contribution in [2.75, 3.05) is 13.2 Å². The molecule has 10 heteroatoms. The van der Waals surface area contributed by atoms with Crippen LogP contribution in [0.3, 0.4) is 0 Å². The first kappa shape index (κ1) is 23.3. The zero-order valence-corrected chi connectivity index (χ0v) is 19.0. The summed E-state index contributed by atoms with van der Waals surface area (Å²) in [5, 5.41) is 13.7. The summed E-state index contributed by atoms with van der Waals surface area (Å²) in [6.07, 6.45) is 0.398. The van der Waals surface area contributed by atoms with Crippen LogP contribution in [0.4, 0.5) is 0 Å². The van der Waals surface area contributed by atoms with Crippen LogP contribution in [-0.4, -0.2) is 57.9 Å². The molecular formula is C24H22ClN3O6. The molecule has 0 saturated heterocycles. The van der Waals surface area contributed by atoms with Crippen molar-refractivity contribution < 1.29 is 29.0 Å². The van der Waals surface area contributed by atoms with Crippen LogP contribution in [0.1, 0.15) is 34.6 Å². The van der Waals surface area contributed by atoms with Gasteiger partial charge in [0.05, 0.1) is 12.1 Å². The number of aromatic nitrogens is 1. The summed E-state index contributed by atoms with van der Waals surface area (Å²) in [7, 11) is 0. The minimum Gasteiger partial charge on any atom is -0.480 e. The minimum atomic E-state index is -1.22. The van der Waals surface area contributed by atoms with Crippen molar-refractivity contribution in [3.8, 4) is 0 Å². The Morgan fingerprint density at radius 2 is 1.94 bits per heavy atom. The molecule has 1 aliphatic rings. The highest BCUT2D eigenvalue weighted by Gasteiger charge is 2.40. The summed E-state index contributed by atoms with van der Waals surface area (Å²) in [5.41, 5.74) is 2.67. The number of ether oxygens (including phenoxy) is 1. The van der Waals surface area contributed by atoms with Gasteiger partial charge in [-0.05, 0) is 41.8 Å². The molecule has 1 aromatic heterocycles. The van der Waals surface area contributed by atoms with E-state index in [0.29, 0.717) is 17.1 Å². The first-order valence-electron chi connectivity index (χ1n) is 10.5. The number of hydrogen-bond donors (Lipinski definition) is 3. The molecule has 3 aromatic rings. The topological polar surface area (TPSA) is 129 Å². The molecule has 0 unspecified atom stereocenters. The third kappa shape index (κ3) is 4.89. The van der Waals surface area contributed by atoms with E-state index in [1.165, 1.54) is 0 Å². The quantitative estimate of drug-likeness (QED) is 0.443. The van der Waals surface area contributed by atoms with Gasteiger partial charge in [0.1, 0.15) is 12.2 Å². The third-order valence-corrected chi connectivity index (χ3v) is 5.93. The molecule has 3 N–H and O–H groups in total. The second-order valence-corrected chi connectivity index (χ2v) is 8.47. The maximum absolute atomic E-state index is 13.1. The van der Waals surface area contributed by atoms with Gasteiger partial charge in [0, 0.05) is 22.8 Å². The predicted octanol–water partition coefficient (Wildman–Crippen LogP) is 2.69. The van der Waals surface area contributed by atoms with Gasteiger partial charge in [-0.25, -0.2) is 0 Å². The lowest BCUT2D eigenvalue weighted by Gasteiger charge is -2.33. The molecular weight excluding hydrogens is 462 g/mol. The zero-order valence-electron chi connectivity index (χ0n) is 18.2. The van der Waals surface area contributed by atoms with E-state index in [-0.39, 0.29) is 0 Å². The standard InChI is InChI=1S/C24H22ClN3O6/c1-13(29)34-12-21(30)28(11-22(31)32)23-17-5-3-2-4-14(17)9-19(23)27-24(33)20-10-15-8-16(25)6-7-18(15)26-20/h2-8,10,19,23,26H,9,11-12H2,1H3,(H,27,33)(H,31,32)/t19-,23+/m1/s1. The number of carbonyl (C=O) groups is 4. The summed E-state index contributed by atoms with van der Waals surface area (Å²) in [4.78, 5) is 53.0. The molecule has 0 bridgehead atoms. The molecule has 34 heavy (non-hydrogen) atoms. The number of carbonyl (C=O) groups excluding carboxylic acids is 3. The first-order chi connectivity index (χ1) is 16.2. The summed E-state index contributed by atoms with van der Waals surface area (Å²) >= 11 is 6.04. The van der Waals surface area contributed by atoms with Crippen LogP contribution >= 0.6 is 11.6 Å². The van der Waals surface area contributed by atoms with Crippen molar-refractivity contribution in [2.24, 2.45) is 0 Å². The number of nitrogens with zero attached hydrogens (tertiary/aromatic N) is 1. The van der Waals surface area contributed by atoms with E-state index in [1.807, 2.05) is 12.1 Å². The Labute approximate surface area is 199 Å². The molecule has 0 saturated carbocycles. The number of hydrogen-bond acceptors (Lipinski definition) is 5. The number of amides is 2. The van der Waals surface area contributed by atoms with Gasteiger partial charge < -0.3 is 25.0 Å². The van der Waals surface area contributed by atoms with E-state index in [2.05, 4.69) is 10.3 Å². The van der Waals surface area contributed by atoms with E-state index in [4.69, 9.17) is 16.3 Å². The Morgan fingerprint density at radius 1 is 1.18 bits per heavy atom. The molecule has 176 valence electrons. The fraction of sp³-hybridized carbons (Fsp3) is 0.250. The van der Waals surface area contributed by atoms with Crippen LogP contribution in [0.2, 0.25) is 5.02 Å². The molecule has 1 heterocycles. The first-order valence-corrected chi connectivity index (χ1v) is 10.9. The average molecular weight is 484 g/mol. The van der Waals surface area contributed by atoms with E-state index in [1.54, 1.807) is 36.4 Å².